The highest BCUT2D eigenvalue weighted by Gasteiger charge is 2.70. The molecule has 264 valence electrons. The number of Topliss-reactive ketones (excluding diaryl/α,β-unsaturated/α-hetero) is 1. The minimum Gasteiger partial charge on any atom is -0.459 e. The largest absolute Gasteiger partial charge is 0.459 e. The van der Waals surface area contributed by atoms with Crippen LogP contribution in [0.15, 0.2) is 12.7 Å². The van der Waals surface area contributed by atoms with Gasteiger partial charge in [-0.25, -0.2) is 4.79 Å². The van der Waals surface area contributed by atoms with Crippen LogP contribution < -0.4 is 21.3 Å². The number of allylic oxidation sites excluding steroid dienone is 1. The lowest BCUT2D eigenvalue weighted by molar-refractivity contribution is -0.157. The number of carbonyl (C=O) groups is 6. The summed E-state index contributed by atoms with van der Waals surface area (Å²) in [6, 6.07) is -3.45. The Morgan fingerprint density at radius 3 is 2.15 bits per heavy atom. The van der Waals surface area contributed by atoms with Gasteiger partial charge in [0.15, 0.2) is 0 Å². The summed E-state index contributed by atoms with van der Waals surface area (Å²) in [5.41, 5.74) is -1.87. The Morgan fingerprint density at radius 2 is 1.60 bits per heavy atom. The molecule has 2 saturated carbocycles. The molecule has 0 aromatic rings. The lowest BCUT2D eigenvalue weighted by atomic mass is 9.85. The summed E-state index contributed by atoms with van der Waals surface area (Å²) >= 11 is 0. The SMILES string of the molecule is C=CCC[C@H](NC(=O)[C@@H]1[C@@H]2[C@H](CN1C(=O)[C@@H](NC(=O)NC(C)(C)C)C(C)(C)C)C2(C)C)C(=O)C(=O)NCCC(=O)OC1(C)CCCC1. The first-order valence-corrected chi connectivity index (χ1v) is 17.0. The summed E-state index contributed by atoms with van der Waals surface area (Å²) in [5.74, 6) is -3.17. The van der Waals surface area contributed by atoms with Crippen molar-refractivity contribution in [2.24, 2.45) is 22.7 Å². The molecule has 3 fully saturated rings. The monoisotopic (exact) mass is 659 g/mol. The first-order valence-electron chi connectivity index (χ1n) is 17.0. The Kier molecular flexibility index (Phi) is 11.6. The molecule has 1 heterocycles. The molecule has 47 heavy (non-hydrogen) atoms. The minimum atomic E-state index is -1.16. The number of nitrogens with one attached hydrogen (secondary N) is 4. The number of hydrogen-bond donors (Lipinski definition) is 4. The number of esters is 1. The van der Waals surface area contributed by atoms with E-state index >= 15 is 0 Å². The Hall–Kier alpha value is -3.44. The highest BCUT2D eigenvalue weighted by molar-refractivity contribution is 6.38. The average molecular weight is 660 g/mol. The Balaban J connectivity index is 1.71. The van der Waals surface area contributed by atoms with Crippen LogP contribution in [0.5, 0.6) is 0 Å². The number of fused-ring (bicyclic) bond motifs is 1. The number of amides is 5. The number of piperidine rings is 1. The Labute approximate surface area is 279 Å². The number of ketones is 1. The highest BCUT2D eigenvalue weighted by Crippen LogP contribution is 2.65. The standard InChI is InChI=1S/C35H57N5O7/c1-11-12-15-22(26(42)29(44)36-19-16-23(41)47-35(10)17-13-14-18-35)37-28(43)25-24-21(34(24,8)9)20-40(25)30(45)27(32(2,3)4)38-31(46)39-33(5,6)7/h11,21-22,24-25,27H,1,12-20H2,2-10H3,(H,36,44)(H,37,43)(H2,38,39,46)/t21-,22-,24-,25-,27+/m0/s1. The molecule has 0 aromatic carbocycles. The number of nitrogens with zero attached hydrogens (tertiary/aromatic N) is 1. The summed E-state index contributed by atoms with van der Waals surface area (Å²) < 4.78 is 5.59. The second-order valence-corrected chi connectivity index (χ2v) is 16.5. The van der Waals surface area contributed by atoms with Crippen LogP contribution in [0, 0.1) is 22.7 Å². The molecule has 0 spiro atoms. The fourth-order valence-corrected chi connectivity index (χ4v) is 7.02. The van der Waals surface area contributed by atoms with Crippen molar-refractivity contribution in [2.75, 3.05) is 13.1 Å². The zero-order valence-corrected chi connectivity index (χ0v) is 29.8. The molecule has 2 aliphatic carbocycles. The summed E-state index contributed by atoms with van der Waals surface area (Å²) in [7, 11) is 0. The van der Waals surface area contributed by atoms with E-state index in [1.54, 1.807) is 6.08 Å². The third-order valence-corrected chi connectivity index (χ3v) is 9.79. The molecule has 12 heteroatoms. The van der Waals surface area contributed by atoms with Gasteiger partial charge in [-0.05, 0) is 88.9 Å². The van der Waals surface area contributed by atoms with Crippen molar-refractivity contribution >= 4 is 35.5 Å². The van der Waals surface area contributed by atoms with Crippen molar-refractivity contribution in [2.45, 2.75) is 137 Å². The van der Waals surface area contributed by atoms with Gasteiger partial charge in [0.1, 0.15) is 17.7 Å². The molecule has 1 saturated heterocycles. The summed E-state index contributed by atoms with van der Waals surface area (Å²) in [5, 5.41) is 10.9. The van der Waals surface area contributed by atoms with Gasteiger partial charge < -0.3 is 30.9 Å². The van der Waals surface area contributed by atoms with E-state index in [2.05, 4.69) is 27.8 Å². The second-order valence-electron chi connectivity index (χ2n) is 16.5. The van der Waals surface area contributed by atoms with Gasteiger partial charge in [-0.2, -0.15) is 0 Å². The number of likely N-dealkylation sites (tertiary alicyclic amines) is 1. The topological polar surface area (TPSA) is 163 Å². The first-order chi connectivity index (χ1) is 21.6. The maximum absolute atomic E-state index is 14.1. The van der Waals surface area contributed by atoms with Crippen LogP contribution in [0.25, 0.3) is 0 Å². The fraction of sp³-hybridized carbons (Fsp3) is 0.771. The lowest BCUT2D eigenvalue weighted by Crippen LogP contribution is -2.62. The smallest absolute Gasteiger partial charge is 0.315 e. The normalized spacial score (nSPS) is 23.9. The molecule has 12 nitrogen and oxygen atoms in total. The number of hydrogen-bond acceptors (Lipinski definition) is 7. The molecular weight excluding hydrogens is 602 g/mol. The van der Waals surface area contributed by atoms with Crippen LogP contribution in [0.3, 0.4) is 0 Å². The predicted molar refractivity (Wildman–Crippen MR) is 178 cm³/mol. The molecular formula is C35H57N5O7. The van der Waals surface area contributed by atoms with E-state index in [4.69, 9.17) is 4.74 Å². The Morgan fingerprint density at radius 1 is 0.979 bits per heavy atom. The zero-order chi connectivity index (χ0) is 35.5. The van der Waals surface area contributed by atoms with Crippen LogP contribution in [-0.2, 0) is 28.7 Å². The van der Waals surface area contributed by atoms with E-state index < -0.39 is 64.3 Å². The molecule has 4 N–H and O–H groups in total. The van der Waals surface area contributed by atoms with Crippen LogP contribution in [0.1, 0.15) is 107 Å². The molecule has 3 rings (SSSR count). The van der Waals surface area contributed by atoms with Crippen LogP contribution in [-0.4, -0.2) is 82.8 Å². The van der Waals surface area contributed by atoms with Gasteiger partial charge in [0.25, 0.3) is 5.91 Å². The molecule has 0 unspecified atom stereocenters. The quantitative estimate of drug-likeness (QED) is 0.134. The van der Waals surface area contributed by atoms with Gasteiger partial charge in [0, 0.05) is 18.6 Å². The van der Waals surface area contributed by atoms with Gasteiger partial charge in [0.05, 0.1) is 12.5 Å². The number of rotatable bonds is 13. The van der Waals surface area contributed by atoms with Crippen molar-refractivity contribution < 1.29 is 33.5 Å². The van der Waals surface area contributed by atoms with Crippen LogP contribution in [0.2, 0.25) is 0 Å². The van der Waals surface area contributed by atoms with Gasteiger partial charge >= 0.3 is 12.0 Å². The van der Waals surface area contributed by atoms with Crippen molar-refractivity contribution in [3.8, 4) is 0 Å². The minimum absolute atomic E-state index is 0.0723. The fourth-order valence-electron chi connectivity index (χ4n) is 7.02. The Bertz CT molecular complexity index is 1240. The van der Waals surface area contributed by atoms with Gasteiger partial charge in [0.2, 0.25) is 17.6 Å². The third-order valence-electron chi connectivity index (χ3n) is 9.79. The van der Waals surface area contributed by atoms with E-state index in [0.29, 0.717) is 13.0 Å². The van der Waals surface area contributed by atoms with Gasteiger partial charge in [-0.15, -0.1) is 6.58 Å². The summed E-state index contributed by atoms with van der Waals surface area (Å²) in [4.78, 5) is 81.0. The van der Waals surface area contributed by atoms with Crippen molar-refractivity contribution in [1.82, 2.24) is 26.2 Å². The molecule has 0 radical (unpaired) electrons. The predicted octanol–water partition coefficient (Wildman–Crippen LogP) is 3.38. The van der Waals surface area contributed by atoms with Crippen LogP contribution >= 0.6 is 0 Å². The molecule has 5 amide bonds. The maximum Gasteiger partial charge on any atom is 0.315 e. The summed E-state index contributed by atoms with van der Waals surface area (Å²) in [6.07, 6.45) is 5.62. The summed E-state index contributed by atoms with van der Waals surface area (Å²) in [6.45, 7) is 21.0. The zero-order valence-electron chi connectivity index (χ0n) is 29.8. The molecule has 5 atom stereocenters. The number of carbonyl (C=O) groups excluding carboxylic acids is 6. The number of urea groups is 1. The molecule has 0 aromatic heterocycles. The average Bonchev–Trinajstić information content (AvgIpc) is 3.30. The highest BCUT2D eigenvalue weighted by atomic mass is 16.6. The third kappa shape index (κ3) is 9.56. The maximum atomic E-state index is 14.1. The van der Waals surface area contributed by atoms with E-state index in [9.17, 15) is 28.8 Å². The van der Waals surface area contributed by atoms with E-state index in [1.165, 1.54) is 4.90 Å². The van der Waals surface area contributed by atoms with Crippen LogP contribution in [0.4, 0.5) is 4.79 Å². The van der Waals surface area contributed by atoms with E-state index in [0.717, 1.165) is 25.7 Å². The van der Waals surface area contributed by atoms with Crippen molar-refractivity contribution in [1.29, 1.82) is 0 Å². The molecule has 0 bridgehead atoms. The first kappa shape index (κ1) is 38.0. The van der Waals surface area contributed by atoms with Crippen molar-refractivity contribution in [3.63, 3.8) is 0 Å². The van der Waals surface area contributed by atoms with Crippen molar-refractivity contribution in [3.05, 3.63) is 12.7 Å². The number of ether oxygens (including phenoxy) is 1. The van der Waals surface area contributed by atoms with E-state index in [1.807, 2.05) is 62.3 Å². The van der Waals surface area contributed by atoms with Gasteiger partial charge in [-0.1, -0.05) is 40.7 Å². The molecule has 3 aliphatic rings. The lowest BCUT2D eigenvalue weighted by Gasteiger charge is -2.38. The molecule has 1 aliphatic heterocycles. The second kappa shape index (κ2) is 14.4. The van der Waals surface area contributed by atoms with E-state index in [-0.39, 0.29) is 42.5 Å². The van der Waals surface area contributed by atoms with Gasteiger partial charge in [-0.3, -0.25) is 24.0 Å².